The van der Waals surface area contributed by atoms with Crippen molar-refractivity contribution in [1.29, 1.82) is 0 Å². The first-order chi connectivity index (χ1) is 6.36. The van der Waals surface area contributed by atoms with E-state index in [2.05, 4.69) is 27.1 Å². The van der Waals surface area contributed by atoms with Crippen molar-refractivity contribution in [3.8, 4) is 0 Å². The number of nitrogens with zero attached hydrogens (tertiary/aromatic N) is 3. The van der Waals surface area contributed by atoms with Gasteiger partial charge in [0, 0.05) is 18.1 Å². The highest BCUT2D eigenvalue weighted by molar-refractivity contribution is 7.08. The van der Waals surface area contributed by atoms with Gasteiger partial charge in [0.25, 0.3) is 0 Å². The maximum Gasteiger partial charge on any atom is 0.0774 e. The summed E-state index contributed by atoms with van der Waals surface area (Å²) in [6.07, 6.45) is 1.76. The van der Waals surface area contributed by atoms with E-state index in [-0.39, 0.29) is 0 Å². The van der Waals surface area contributed by atoms with Gasteiger partial charge in [0.15, 0.2) is 0 Å². The zero-order valence-corrected chi connectivity index (χ0v) is 8.08. The molecular weight excluding hydrogens is 184 g/mol. The van der Waals surface area contributed by atoms with Crippen LogP contribution in [-0.4, -0.2) is 15.0 Å². The Hall–Kier alpha value is -1.36. The lowest BCUT2D eigenvalue weighted by Crippen LogP contribution is -2.04. The van der Waals surface area contributed by atoms with Crippen LogP contribution in [0.3, 0.4) is 0 Å². The first-order valence-corrected chi connectivity index (χ1v) is 4.90. The molecule has 4 nitrogen and oxygen atoms in total. The molecule has 0 aliphatic heterocycles. The summed E-state index contributed by atoms with van der Waals surface area (Å²) in [7, 11) is 1.89. The fraction of sp³-hybridized carbons (Fsp3) is 0.250. The first-order valence-electron chi connectivity index (χ1n) is 3.96. The van der Waals surface area contributed by atoms with Gasteiger partial charge >= 0.3 is 0 Å². The molecule has 2 aromatic rings. The predicted octanol–water partition coefficient (Wildman–Crippen LogP) is 1.49. The summed E-state index contributed by atoms with van der Waals surface area (Å²) < 4.78 is 1.76. The molecule has 0 saturated heterocycles. The van der Waals surface area contributed by atoms with Gasteiger partial charge in [-0.1, -0.05) is 5.21 Å². The Morgan fingerprint density at radius 1 is 1.62 bits per heavy atom. The molecule has 1 N–H and O–H groups in total. The van der Waals surface area contributed by atoms with Crippen molar-refractivity contribution in [2.45, 2.75) is 6.54 Å². The first kappa shape index (κ1) is 8.25. The number of rotatable bonds is 3. The van der Waals surface area contributed by atoms with Crippen molar-refractivity contribution >= 4 is 17.0 Å². The Morgan fingerprint density at radius 3 is 3.15 bits per heavy atom. The predicted molar refractivity (Wildman–Crippen MR) is 52.6 cm³/mol. The van der Waals surface area contributed by atoms with E-state index < -0.39 is 0 Å². The van der Waals surface area contributed by atoms with E-state index in [1.807, 2.05) is 12.4 Å². The maximum atomic E-state index is 3.85. The van der Waals surface area contributed by atoms with Gasteiger partial charge in [0.05, 0.1) is 18.4 Å². The minimum absolute atomic E-state index is 0.764. The summed E-state index contributed by atoms with van der Waals surface area (Å²) in [5.74, 6) is 0. The average molecular weight is 194 g/mol. The molecule has 2 aromatic heterocycles. The largest absolute Gasteiger partial charge is 0.379 e. The molecule has 0 spiro atoms. The van der Waals surface area contributed by atoms with E-state index in [1.54, 1.807) is 22.2 Å². The van der Waals surface area contributed by atoms with Crippen LogP contribution in [0, 0.1) is 0 Å². The molecule has 13 heavy (non-hydrogen) atoms. The standard InChI is InChI=1S/C8H10N4S/c1-12-8(5-10-11-12)4-9-7-2-3-13-6-7/h2-3,5-6,9H,4H2,1H3. The number of aromatic nitrogens is 3. The van der Waals surface area contributed by atoms with Crippen LogP contribution in [0.15, 0.2) is 23.0 Å². The zero-order valence-electron chi connectivity index (χ0n) is 7.27. The Balaban J connectivity index is 1.97. The minimum Gasteiger partial charge on any atom is -0.379 e. The molecular formula is C8H10N4S. The molecule has 0 aromatic carbocycles. The lowest BCUT2D eigenvalue weighted by atomic mass is 10.4. The van der Waals surface area contributed by atoms with Gasteiger partial charge in [-0.2, -0.15) is 11.3 Å². The van der Waals surface area contributed by atoms with Crippen LogP contribution in [0.1, 0.15) is 5.69 Å². The molecule has 0 aliphatic carbocycles. The summed E-state index contributed by atoms with van der Waals surface area (Å²) in [6, 6.07) is 2.05. The van der Waals surface area contributed by atoms with E-state index in [0.717, 1.165) is 17.9 Å². The van der Waals surface area contributed by atoms with E-state index in [0.29, 0.717) is 0 Å². The second kappa shape index (κ2) is 3.57. The monoisotopic (exact) mass is 194 g/mol. The van der Waals surface area contributed by atoms with Crippen LogP contribution < -0.4 is 5.32 Å². The van der Waals surface area contributed by atoms with Crippen molar-refractivity contribution in [3.05, 3.63) is 28.7 Å². The summed E-state index contributed by atoms with van der Waals surface area (Å²) >= 11 is 1.68. The molecule has 0 atom stereocenters. The Bertz CT molecular complexity index is 365. The normalized spacial score (nSPS) is 10.2. The number of hydrogen-bond acceptors (Lipinski definition) is 4. The van der Waals surface area contributed by atoms with Crippen molar-refractivity contribution in [2.24, 2.45) is 7.05 Å². The molecule has 5 heteroatoms. The Morgan fingerprint density at radius 2 is 2.54 bits per heavy atom. The van der Waals surface area contributed by atoms with Crippen molar-refractivity contribution in [2.75, 3.05) is 5.32 Å². The molecule has 0 bridgehead atoms. The third kappa shape index (κ3) is 1.86. The minimum atomic E-state index is 0.764. The summed E-state index contributed by atoms with van der Waals surface area (Å²) in [5, 5.41) is 15.0. The lowest BCUT2D eigenvalue weighted by Gasteiger charge is -2.02. The molecule has 0 radical (unpaired) electrons. The van der Waals surface area contributed by atoms with Crippen LogP contribution in [-0.2, 0) is 13.6 Å². The molecule has 0 aliphatic rings. The topological polar surface area (TPSA) is 42.7 Å². The summed E-state index contributed by atoms with van der Waals surface area (Å²) in [5.41, 5.74) is 2.22. The Labute approximate surface area is 80.2 Å². The highest BCUT2D eigenvalue weighted by atomic mass is 32.1. The highest BCUT2D eigenvalue weighted by Gasteiger charge is 1.98. The highest BCUT2D eigenvalue weighted by Crippen LogP contribution is 2.12. The van der Waals surface area contributed by atoms with Crippen molar-refractivity contribution < 1.29 is 0 Å². The third-order valence-corrected chi connectivity index (χ3v) is 2.49. The van der Waals surface area contributed by atoms with Gasteiger partial charge in [0.1, 0.15) is 0 Å². The van der Waals surface area contributed by atoms with E-state index in [9.17, 15) is 0 Å². The molecule has 2 rings (SSSR count). The van der Waals surface area contributed by atoms with Gasteiger partial charge in [-0.25, -0.2) is 0 Å². The molecule has 0 fully saturated rings. The zero-order chi connectivity index (χ0) is 9.10. The quantitative estimate of drug-likeness (QED) is 0.805. The average Bonchev–Trinajstić information content (AvgIpc) is 2.72. The van der Waals surface area contributed by atoms with Crippen molar-refractivity contribution in [1.82, 2.24) is 15.0 Å². The molecule has 68 valence electrons. The van der Waals surface area contributed by atoms with E-state index in [1.165, 1.54) is 0 Å². The number of nitrogens with one attached hydrogen (secondary N) is 1. The fourth-order valence-electron chi connectivity index (χ4n) is 1.03. The molecule has 0 saturated carbocycles. The van der Waals surface area contributed by atoms with Gasteiger partial charge in [0.2, 0.25) is 0 Å². The third-order valence-electron chi connectivity index (χ3n) is 1.80. The molecule has 0 unspecified atom stereocenters. The smallest absolute Gasteiger partial charge is 0.0774 e. The second-order valence-electron chi connectivity index (χ2n) is 2.71. The van der Waals surface area contributed by atoms with Crippen LogP contribution in [0.2, 0.25) is 0 Å². The van der Waals surface area contributed by atoms with Crippen LogP contribution in [0.25, 0.3) is 0 Å². The molecule has 0 amide bonds. The lowest BCUT2D eigenvalue weighted by molar-refractivity contribution is 0.683. The van der Waals surface area contributed by atoms with Gasteiger partial charge < -0.3 is 5.32 Å². The van der Waals surface area contributed by atoms with E-state index in [4.69, 9.17) is 0 Å². The fourth-order valence-corrected chi connectivity index (χ4v) is 1.64. The Kier molecular flexibility index (Phi) is 2.27. The van der Waals surface area contributed by atoms with Gasteiger partial charge in [-0.05, 0) is 11.4 Å². The second-order valence-corrected chi connectivity index (χ2v) is 3.49. The van der Waals surface area contributed by atoms with Crippen LogP contribution in [0.5, 0.6) is 0 Å². The number of thiophene rings is 1. The van der Waals surface area contributed by atoms with Gasteiger partial charge in [-0.3, -0.25) is 4.68 Å². The number of anilines is 1. The number of hydrogen-bond donors (Lipinski definition) is 1. The maximum absolute atomic E-state index is 3.85. The van der Waals surface area contributed by atoms with Crippen LogP contribution in [0.4, 0.5) is 5.69 Å². The SMILES string of the molecule is Cn1nncc1CNc1ccsc1. The van der Waals surface area contributed by atoms with Crippen molar-refractivity contribution in [3.63, 3.8) is 0 Å². The van der Waals surface area contributed by atoms with E-state index >= 15 is 0 Å². The number of aryl methyl sites for hydroxylation is 1. The van der Waals surface area contributed by atoms with Gasteiger partial charge in [-0.15, -0.1) is 5.10 Å². The summed E-state index contributed by atoms with van der Waals surface area (Å²) in [4.78, 5) is 0. The summed E-state index contributed by atoms with van der Waals surface area (Å²) in [6.45, 7) is 0.764. The van der Waals surface area contributed by atoms with Crippen LogP contribution >= 0.6 is 11.3 Å². The molecule has 2 heterocycles.